The molecule has 0 fully saturated rings. The van der Waals surface area contributed by atoms with Gasteiger partial charge in [0.1, 0.15) is 5.01 Å². The number of hydrogen-bond acceptors (Lipinski definition) is 7. The lowest BCUT2D eigenvalue weighted by atomic mass is 10.2. The lowest BCUT2D eigenvalue weighted by Gasteiger charge is -2.12. The lowest BCUT2D eigenvalue weighted by Crippen LogP contribution is -2.35. The molecule has 2 rings (SSSR count). The summed E-state index contributed by atoms with van der Waals surface area (Å²) in [6.45, 7) is 3.82. The number of nitrogens with zero attached hydrogens (tertiary/aromatic N) is 1. The molecule has 0 saturated heterocycles. The number of hydrogen-bond donors (Lipinski definition) is 1. The number of amides is 1. The smallest absolute Gasteiger partial charge is 0.312 e. The van der Waals surface area contributed by atoms with E-state index in [4.69, 9.17) is 14.2 Å². The van der Waals surface area contributed by atoms with Gasteiger partial charge in [0.25, 0.3) is 5.91 Å². The summed E-state index contributed by atoms with van der Waals surface area (Å²) >= 11 is 1.39. The number of esters is 1. The number of carbonyl (C=O) groups is 2. The number of likely N-dealkylation sites (N-methyl/N-ethyl adjacent to an activating group) is 1. The van der Waals surface area contributed by atoms with Crippen LogP contribution in [-0.4, -0.2) is 43.7 Å². The molecule has 0 radical (unpaired) electrons. The first-order valence-corrected chi connectivity index (χ1v) is 9.01. The Morgan fingerprint density at radius 2 is 2.04 bits per heavy atom. The highest BCUT2D eigenvalue weighted by molar-refractivity contribution is 7.13. The van der Waals surface area contributed by atoms with Gasteiger partial charge in [-0.2, -0.15) is 0 Å². The Balaban J connectivity index is 2.09. The SMILES string of the molecule is CCNC(=O)[C@@H](C)OC(=O)Cc1csc(-c2cccc(OC)c2OC)n1. The number of aromatic nitrogens is 1. The van der Waals surface area contributed by atoms with E-state index in [1.165, 1.54) is 18.3 Å². The average Bonchev–Trinajstić information content (AvgIpc) is 3.08. The average molecular weight is 378 g/mol. The zero-order chi connectivity index (χ0) is 19.1. The number of nitrogens with one attached hydrogen (secondary N) is 1. The Hall–Kier alpha value is -2.61. The van der Waals surface area contributed by atoms with E-state index in [0.717, 1.165) is 5.56 Å². The Kier molecular flexibility index (Phi) is 6.97. The second kappa shape index (κ2) is 9.19. The molecule has 1 N–H and O–H groups in total. The molecule has 0 bridgehead atoms. The van der Waals surface area contributed by atoms with Crippen LogP contribution in [0.2, 0.25) is 0 Å². The number of para-hydroxylation sites is 1. The van der Waals surface area contributed by atoms with Crippen LogP contribution in [0.3, 0.4) is 0 Å². The fraction of sp³-hybridized carbons (Fsp3) is 0.389. The molecule has 8 heteroatoms. The lowest BCUT2D eigenvalue weighted by molar-refractivity contribution is -0.154. The first-order chi connectivity index (χ1) is 12.5. The molecule has 1 atom stereocenters. The molecule has 0 aliphatic rings. The summed E-state index contributed by atoms with van der Waals surface area (Å²) in [6, 6.07) is 5.52. The van der Waals surface area contributed by atoms with Crippen LogP contribution in [0, 0.1) is 0 Å². The third kappa shape index (κ3) is 4.72. The van der Waals surface area contributed by atoms with Gasteiger partial charge in [-0.05, 0) is 26.0 Å². The van der Waals surface area contributed by atoms with Gasteiger partial charge in [0.2, 0.25) is 0 Å². The van der Waals surface area contributed by atoms with E-state index in [1.807, 2.05) is 12.1 Å². The summed E-state index contributed by atoms with van der Waals surface area (Å²) in [5.74, 6) is 0.374. The number of methoxy groups -OCH3 is 2. The maximum absolute atomic E-state index is 12.0. The zero-order valence-corrected chi connectivity index (χ0v) is 16.0. The first-order valence-electron chi connectivity index (χ1n) is 8.13. The van der Waals surface area contributed by atoms with Crippen LogP contribution in [0.25, 0.3) is 10.6 Å². The maximum atomic E-state index is 12.0. The van der Waals surface area contributed by atoms with E-state index >= 15 is 0 Å². The molecule has 0 aliphatic carbocycles. The molecule has 1 amide bonds. The van der Waals surface area contributed by atoms with Crippen molar-refractivity contribution < 1.29 is 23.8 Å². The summed E-state index contributed by atoms with van der Waals surface area (Å²) in [5.41, 5.74) is 1.36. The zero-order valence-electron chi connectivity index (χ0n) is 15.2. The molecule has 1 aromatic heterocycles. The summed E-state index contributed by atoms with van der Waals surface area (Å²) in [4.78, 5) is 28.1. The molecule has 0 saturated carbocycles. The van der Waals surface area contributed by atoms with Crippen LogP contribution in [0.15, 0.2) is 23.6 Å². The maximum Gasteiger partial charge on any atom is 0.312 e. The Labute approximate surface area is 156 Å². The predicted molar refractivity (Wildman–Crippen MR) is 98.6 cm³/mol. The van der Waals surface area contributed by atoms with Crippen LogP contribution in [0.5, 0.6) is 11.5 Å². The van der Waals surface area contributed by atoms with Crippen molar-refractivity contribution in [2.45, 2.75) is 26.4 Å². The quantitative estimate of drug-likeness (QED) is 0.710. The van der Waals surface area contributed by atoms with Gasteiger partial charge in [-0.25, -0.2) is 4.98 Å². The monoisotopic (exact) mass is 378 g/mol. The Morgan fingerprint density at radius 1 is 1.27 bits per heavy atom. The highest BCUT2D eigenvalue weighted by atomic mass is 32.1. The van der Waals surface area contributed by atoms with Crippen LogP contribution in [-0.2, 0) is 20.7 Å². The van der Waals surface area contributed by atoms with Crippen molar-refractivity contribution in [3.63, 3.8) is 0 Å². The highest BCUT2D eigenvalue weighted by Crippen LogP contribution is 2.38. The molecule has 140 valence electrons. The molecule has 0 unspecified atom stereocenters. The summed E-state index contributed by atoms with van der Waals surface area (Å²) < 4.78 is 15.8. The van der Waals surface area contributed by atoms with Crippen molar-refractivity contribution in [2.75, 3.05) is 20.8 Å². The molecule has 0 aliphatic heterocycles. The van der Waals surface area contributed by atoms with E-state index < -0.39 is 12.1 Å². The standard InChI is InChI=1S/C18H22N2O5S/c1-5-19-17(22)11(2)25-15(21)9-12-10-26-18(20-12)13-7-6-8-14(23-3)16(13)24-4/h6-8,10-11H,5,9H2,1-4H3,(H,19,22)/t11-/m1/s1. The second-order valence-electron chi connectivity index (χ2n) is 5.39. The molecule has 26 heavy (non-hydrogen) atoms. The Bertz CT molecular complexity index is 775. The molecule has 0 spiro atoms. The second-order valence-corrected chi connectivity index (χ2v) is 6.25. The number of rotatable bonds is 8. The number of ether oxygens (including phenoxy) is 3. The number of carbonyl (C=O) groups excluding carboxylic acids is 2. The van der Waals surface area contributed by atoms with Gasteiger partial charge in [-0.15, -0.1) is 11.3 Å². The molecule has 2 aromatic rings. The number of benzene rings is 1. The van der Waals surface area contributed by atoms with Crippen LogP contribution < -0.4 is 14.8 Å². The van der Waals surface area contributed by atoms with Gasteiger partial charge in [0, 0.05) is 11.9 Å². The molecule has 1 heterocycles. The van der Waals surface area contributed by atoms with Gasteiger partial charge < -0.3 is 19.5 Å². The summed E-state index contributed by atoms with van der Waals surface area (Å²) in [5, 5.41) is 5.10. The minimum atomic E-state index is -0.834. The predicted octanol–water partition coefficient (Wildman–Crippen LogP) is 2.44. The molecule has 1 aromatic carbocycles. The Morgan fingerprint density at radius 3 is 2.69 bits per heavy atom. The van der Waals surface area contributed by atoms with E-state index in [9.17, 15) is 9.59 Å². The van der Waals surface area contributed by atoms with Crippen molar-refractivity contribution in [1.29, 1.82) is 0 Å². The summed E-state index contributed by atoms with van der Waals surface area (Å²) in [7, 11) is 3.14. The van der Waals surface area contributed by atoms with Crippen LogP contribution in [0.1, 0.15) is 19.5 Å². The third-order valence-electron chi connectivity index (χ3n) is 3.54. The van der Waals surface area contributed by atoms with E-state index in [0.29, 0.717) is 28.7 Å². The first kappa shape index (κ1) is 19.7. The molecule has 7 nitrogen and oxygen atoms in total. The van der Waals surface area contributed by atoms with E-state index in [1.54, 1.807) is 32.6 Å². The van der Waals surface area contributed by atoms with E-state index in [2.05, 4.69) is 10.3 Å². The van der Waals surface area contributed by atoms with Crippen LogP contribution >= 0.6 is 11.3 Å². The largest absolute Gasteiger partial charge is 0.493 e. The minimum Gasteiger partial charge on any atom is -0.493 e. The number of thiazole rings is 1. The van der Waals surface area contributed by atoms with Crippen molar-refractivity contribution in [3.05, 3.63) is 29.3 Å². The van der Waals surface area contributed by atoms with Crippen molar-refractivity contribution in [2.24, 2.45) is 0 Å². The van der Waals surface area contributed by atoms with Crippen molar-refractivity contribution >= 4 is 23.2 Å². The molecular formula is C18H22N2O5S. The van der Waals surface area contributed by atoms with Crippen molar-refractivity contribution in [3.8, 4) is 22.1 Å². The van der Waals surface area contributed by atoms with Crippen molar-refractivity contribution in [1.82, 2.24) is 10.3 Å². The third-order valence-corrected chi connectivity index (χ3v) is 4.46. The summed E-state index contributed by atoms with van der Waals surface area (Å²) in [6.07, 6.45) is -0.842. The highest BCUT2D eigenvalue weighted by Gasteiger charge is 2.19. The van der Waals surface area contributed by atoms with Gasteiger partial charge >= 0.3 is 5.97 Å². The van der Waals surface area contributed by atoms with Crippen LogP contribution in [0.4, 0.5) is 0 Å². The van der Waals surface area contributed by atoms with Gasteiger partial charge in [0.05, 0.1) is 31.9 Å². The van der Waals surface area contributed by atoms with Gasteiger partial charge in [-0.3, -0.25) is 9.59 Å². The normalized spacial score (nSPS) is 11.5. The van der Waals surface area contributed by atoms with Gasteiger partial charge in [0.15, 0.2) is 17.6 Å². The minimum absolute atomic E-state index is 0.00741. The topological polar surface area (TPSA) is 86.8 Å². The van der Waals surface area contributed by atoms with E-state index in [-0.39, 0.29) is 12.3 Å². The molecular weight excluding hydrogens is 356 g/mol. The fourth-order valence-electron chi connectivity index (χ4n) is 2.33. The van der Waals surface area contributed by atoms with Gasteiger partial charge in [-0.1, -0.05) is 6.07 Å². The fourth-order valence-corrected chi connectivity index (χ4v) is 3.17.